The summed E-state index contributed by atoms with van der Waals surface area (Å²) < 4.78 is 0. The molecule has 0 amide bonds. The Labute approximate surface area is 84.4 Å². The van der Waals surface area contributed by atoms with Crippen LogP contribution in [0.4, 0.5) is 0 Å². The molecule has 0 aromatic carbocycles. The average molecular weight is 182 g/mol. The van der Waals surface area contributed by atoms with Gasteiger partial charge in [0.15, 0.2) is 0 Å². The standard InChI is InChI=1S/C13H26/c1-7-9-12(6)13(10(3)4)11(5)8-2/h7,10-13H,1,8-9H2,2-6H3. The molecule has 0 heterocycles. The van der Waals surface area contributed by atoms with Crippen LogP contribution in [0.1, 0.15) is 47.5 Å². The molecule has 0 saturated heterocycles. The molecule has 0 aliphatic carbocycles. The van der Waals surface area contributed by atoms with Gasteiger partial charge in [-0.3, -0.25) is 0 Å². The van der Waals surface area contributed by atoms with Crippen LogP contribution in [0.5, 0.6) is 0 Å². The van der Waals surface area contributed by atoms with E-state index < -0.39 is 0 Å². The van der Waals surface area contributed by atoms with E-state index in [1.165, 1.54) is 6.42 Å². The third kappa shape index (κ3) is 3.97. The SMILES string of the molecule is C=CCC(C)C(C(C)C)C(C)CC. The second kappa shape index (κ2) is 6.23. The van der Waals surface area contributed by atoms with Gasteiger partial charge in [0.25, 0.3) is 0 Å². The summed E-state index contributed by atoms with van der Waals surface area (Å²) in [6.45, 7) is 15.5. The van der Waals surface area contributed by atoms with Gasteiger partial charge in [0.1, 0.15) is 0 Å². The summed E-state index contributed by atoms with van der Waals surface area (Å²) in [7, 11) is 0. The molecule has 78 valence electrons. The van der Waals surface area contributed by atoms with Gasteiger partial charge in [-0.2, -0.15) is 0 Å². The lowest BCUT2D eigenvalue weighted by Crippen LogP contribution is -2.24. The Kier molecular flexibility index (Phi) is 6.11. The summed E-state index contributed by atoms with van der Waals surface area (Å²) in [5, 5.41) is 0. The maximum atomic E-state index is 3.83. The number of rotatable bonds is 6. The van der Waals surface area contributed by atoms with E-state index >= 15 is 0 Å². The quantitative estimate of drug-likeness (QED) is 0.530. The lowest BCUT2D eigenvalue weighted by Gasteiger charge is -2.32. The smallest absolute Gasteiger partial charge is 0.0325 e. The normalized spacial score (nSPS) is 18.3. The highest BCUT2D eigenvalue weighted by atomic mass is 14.3. The molecule has 0 aliphatic rings. The molecule has 0 aromatic heterocycles. The van der Waals surface area contributed by atoms with E-state index in [2.05, 4.69) is 47.3 Å². The Balaban J connectivity index is 4.30. The van der Waals surface area contributed by atoms with Crippen LogP contribution in [-0.2, 0) is 0 Å². The van der Waals surface area contributed by atoms with Crippen LogP contribution >= 0.6 is 0 Å². The highest BCUT2D eigenvalue weighted by Gasteiger charge is 2.24. The molecule has 0 radical (unpaired) electrons. The summed E-state index contributed by atoms with van der Waals surface area (Å²) in [5.41, 5.74) is 0. The zero-order valence-corrected chi connectivity index (χ0v) is 10.0. The van der Waals surface area contributed by atoms with Gasteiger partial charge < -0.3 is 0 Å². The van der Waals surface area contributed by atoms with Crippen molar-refractivity contribution >= 4 is 0 Å². The van der Waals surface area contributed by atoms with Crippen LogP contribution in [0.15, 0.2) is 12.7 Å². The summed E-state index contributed by atoms with van der Waals surface area (Å²) in [6.07, 6.45) is 4.51. The van der Waals surface area contributed by atoms with E-state index in [0.717, 1.165) is 30.1 Å². The zero-order chi connectivity index (χ0) is 10.4. The molecule has 0 saturated carbocycles. The molecule has 0 spiro atoms. The molecule has 0 fully saturated rings. The second-order valence-electron chi connectivity index (χ2n) is 4.71. The molecule has 0 aromatic rings. The van der Waals surface area contributed by atoms with Crippen molar-refractivity contribution in [3.05, 3.63) is 12.7 Å². The number of hydrogen-bond acceptors (Lipinski definition) is 0. The van der Waals surface area contributed by atoms with Crippen molar-refractivity contribution in [3.63, 3.8) is 0 Å². The maximum Gasteiger partial charge on any atom is -0.0325 e. The van der Waals surface area contributed by atoms with E-state index in [-0.39, 0.29) is 0 Å². The molecule has 3 unspecified atom stereocenters. The van der Waals surface area contributed by atoms with E-state index in [9.17, 15) is 0 Å². The molecule has 3 atom stereocenters. The van der Waals surface area contributed by atoms with Crippen molar-refractivity contribution in [3.8, 4) is 0 Å². The van der Waals surface area contributed by atoms with Crippen LogP contribution in [-0.4, -0.2) is 0 Å². The van der Waals surface area contributed by atoms with E-state index in [4.69, 9.17) is 0 Å². The van der Waals surface area contributed by atoms with Crippen LogP contribution < -0.4 is 0 Å². The first kappa shape index (κ1) is 12.7. The summed E-state index contributed by atoms with van der Waals surface area (Å²) in [5.74, 6) is 3.27. The van der Waals surface area contributed by atoms with E-state index in [0.29, 0.717) is 0 Å². The lowest BCUT2D eigenvalue weighted by molar-refractivity contribution is 0.183. The van der Waals surface area contributed by atoms with Crippen molar-refractivity contribution in [2.24, 2.45) is 23.7 Å². The molecule has 0 heteroatoms. The predicted octanol–water partition coefficient (Wildman–Crippen LogP) is 4.52. The Hall–Kier alpha value is -0.260. The van der Waals surface area contributed by atoms with Crippen LogP contribution in [0, 0.1) is 23.7 Å². The van der Waals surface area contributed by atoms with Gasteiger partial charge in [0.2, 0.25) is 0 Å². The Morgan fingerprint density at radius 1 is 1.08 bits per heavy atom. The fraction of sp³-hybridized carbons (Fsp3) is 0.846. The van der Waals surface area contributed by atoms with Crippen LogP contribution in [0.2, 0.25) is 0 Å². The van der Waals surface area contributed by atoms with Gasteiger partial charge in [0, 0.05) is 0 Å². The zero-order valence-electron chi connectivity index (χ0n) is 10.0. The van der Waals surface area contributed by atoms with Gasteiger partial charge in [-0.25, -0.2) is 0 Å². The van der Waals surface area contributed by atoms with Crippen molar-refractivity contribution in [2.75, 3.05) is 0 Å². The molecular weight excluding hydrogens is 156 g/mol. The fourth-order valence-electron chi connectivity index (χ4n) is 2.57. The monoisotopic (exact) mass is 182 g/mol. The van der Waals surface area contributed by atoms with Gasteiger partial charge >= 0.3 is 0 Å². The van der Waals surface area contributed by atoms with Gasteiger partial charge in [-0.05, 0) is 30.1 Å². The fourth-order valence-corrected chi connectivity index (χ4v) is 2.57. The van der Waals surface area contributed by atoms with Crippen molar-refractivity contribution in [2.45, 2.75) is 47.5 Å². The molecule has 0 bridgehead atoms. The number of allylic oxidation sites excluding steroid dienone is 1. The molecule has 0 rings (SSSR count). The van der Waals surface area contributed by atoms with Gasteiger partial charge in [0.05, 0.1) is 0 Å². The number of hydrogen-bond donors (Lipinski definition) is 0. The van der Waals surface area contributed by atoms with E-state index in [1.54, 1.807) is 0 Å². The third-order valence-corrected chi connectivity index (χ3v) is 3.27. The first-order valence-corrected chi connectivity index (χ1v) is 5.65. The Morgan fingerprint density at radius 2 is 1.62 bits per heavy atom. The molecule has 0 nitrogen and oxygen atoms in total. The van der Waals surface area contributed by atoms with Gasteiger partial charge in [-0.15, -0.1) is 6.58 Å². The van der Waals surface area contributed by atoms with Crippen molar-refractivity contribution < 1.29 is 0 Å². The second-order valence-corrected chi connectivity index (χ2v) is 4.71. The first-order chi connectivity index (χ1) is 6.04. The summed E-state index contributed by atoms with van der Waals surface area (Å²) in [6, 6.07) is 0. The lowest BCUT2D eigenvalue weighted by atomic mass is 9.74. The topological polar surface area (TPSA) is 0 Å². The maximum absolute atomic E-state index is 3.83. The first-order valence-electron chi connectivity index (χ1n) is 5.65. The molecular formula is C13H26. The molecule has 0 aliphatic heterocycles. The van der Waals surface area contributed by atoms with Crippen molar-refractivity contribution in [1.29, 1.82) is 0 Å². The third-order valence-electron chi connectivity index (χ3n) is 3.27. The molecule has 0 N–H and O–H groups in total. The Morgan fingerprint density at radius 3 is 1.92 bits per heavy atom. The largest absolute Gasteiger partial charge is 0.103 e. The van der Waals surface area contributed by atoms with Crippen LogP contribution in [0.3, 0.4) is 0 Å². The highest BCUT2D eigenvalue weighted by molar-refractivity contribution is 4.80. The van der Waals surface area contributed by atoms with E-state index in [1.807, 2.05) is 0 Å². The minimum atomic E-state index is 0.785. The summed E-state index contributed by atoms with van der Waals surface area (Å²) >= 11 is 0. The summed E-state index contributed by atoms with van der Waals surface area (Å²) in [4.78, 5) is 0. The minimum Gasteiger partial charge on any atom is -0.103 e. The Bertz CT molecular complexity index is 135. The average Bonchev–Trinajstić information content (AvgIpc) is 2.04. The van der Waals surface area contributed by atoms with Crippen LogP contribution in [0.25, 0.3) is 0 Å². The predicted molar refractivity (Wildman–Crippen MR) is 61.8 cm³/mol. The van der Waals surface area contributed by atoms with Crippen molar-refractivity contribution in [1.82, 2.24) is 0 Å². The van der Waals surface area contributed by atoms with Gasteiger partial charge in [-0.1, -0.05) is 47.1 Å². The highest BCUT2D eigenvalue weighted by Crippen LogP contribution is 2.32. The minimum absolute atomic E-state index is 0.785. The molecule has 13 heavy (non-hydrogen) atoms.